The Labute approximate surface area is 160 Å². The van der Waals surface area contributed by atoms with Gasteiger partial charge in [-0.05, 0) is 39.3 Å². The zero-order valence-electron chi connectivity index (χ0n) is 15.7. The van der Waals surface area contributed by atoms with Crippen molar-refractivity contribution in [3.63, 3.8) is 0 Å². The zero-order valence-corrected chi connectivity index (χ0v) is 16.5. The molecule has 0 radical (unpaired) electrons. The topological polar surface area (TPSA) is 61.8 Å². The minimum absolute atomic E-state index is 0.0165. The fourth-order valence-electron chi connectivity index (χ4n) is 1.98. The number of benzene rings is 1. The van der Waals surface area contributed by atoms with Crippen LogP contribution in [0.25, 0.3) is 0 Å². The van der Waals surface area contributed by atoms with E-state index < -0.39 is 11.6 Å². The molecule has 0 heterocycles. The van der Waals surface area contributed by atoms with Crippen LogP contribution in [0.4, 0.5) is 0 Å². The Morgan fingerprint density at radius 2 is 1.81 bits per heavy atom. The average molecular weight is 383 g/mol. The van der Waals surface area contributed by atoms with Crippen molar-refractivity contribution < 1.29 is 23.8 Å². The largest absolute Gasteiger partial charge is 0.460 e. The highest BCUT2D eigenvalue weighted by Crippen LogP contribution is 2.15. The first kappa shape index (κ1) is 22.4. The standard InChI is InChI=1S/C20H27ClO5/c1-15(2)26-17(12-21)14-24-19(23)11-10-18(22)20(3,4)25-13-16-8-6-5-7-9-16/h5-11,15,17H,12-14H2,1-4H3/b11-10+. The smallest absolute Gasteiger partial charge is 0.330 e. The van der Waals surface area contributed by atoms with Gasteiger partial charge in [0.25, 0.3) is 0 Å². The maximum Gasteiger partial charge on any atom is 0.330 e. The monoisotopic (exact) mass is 382 g/mol. The van der Waals surface area contributed by atoms with Crippen molar-refractivity contribution in [2.75, 3.05) is 12.5 Å². The number of carbonyl (C=O) groups is 2. The van der Waals surface area contributed by atoms with E-state index in [0.29, 0.717) is 6.61 Å². The fraction of sp³-hybridized carbons (Fsp3) is 0.500. The molecule has 26 heavy (non-hydrogen) atoms. The Hall–Kier alpha value is -1.69. The first-order valence-corrected chi connectivity index (χ1v) is 9.06. The lowest BCUT2D eigenvalue weighted by Crippen LogP contribution is -2.33. The van der Waals surface area contributed by atoms with Gasteiger partial charge in [0, 0.05) is 6.08 Å². The Morgan fingerprint density at radius 1 is 1.15 bits per heavy atom. The van der Waals surface area contributed by atoms with Crippen LogP contribution in [0.15, 0.2) is 42.5 Å². The number of halogens is 1. The van der Waals surface area contributed by atoms with Crippen LogP contribution in [0.3, 0.4) is 0 Å². The fourth-order valence-corrected chi connectivity index (χ4v) is 2.14. The maximum atomic E-state index is 12.3. The minimum Gasteiger partial charge on any atom is -0.460 e. The van der Waals surface area contributed by atoms with Gasteiger partial charge in [-0.1, -0.05) is 30.3 Å². The molecule has 144 valence electrons. The third kappa shape index (κ3) is 8.61. The third-order valence-corrected chi connectivity index (χ3v) is 3.80. The molecule has 0 amide bonds. The van der Waals surface area contributed by atoms with Crippen molar-refractivity contribution in [3.05, 3.63) is 48.0 Å². The summed E-state index contributed by atoms with van der Waals surface area (Å²) >= 11 is 5.76. The molecule has 0 aliphatic rings. The van der Waals surface area contributed by atoms with Crippen LogP contribution < -0.4 is 0 Å². The lowest BCUT2D eigenvalue weighted by atomic mass is 10.0. The quantitative estimate of drug-likeness (QED) is 0.332. The molecule has 1 rings (SSSR count). The first-order valence-electron chi connectivity index (χ1n) is 8.53. The zero-order chi connectivity index (χ0) is 19.6. The van der Waals surface area contributed by atoms with Gasteiger partial charge in [0.05, 0.1) is 18.6 Å². The van der Waals surface area contributed by atoms with Gasteiger partial charge in [-0.3, -0.25) is 4.79 Å². The Balaban J connectivity index is 2.46. The number of hydrogen-bond donors (Lipinski definition) is 0. The van der Waals surface area contributed by atoms with E-state index in [0.717, 1.165) is 11.6 Å². The van der Waals surface area contributed by atoms with Crippen molar-refractivity contribution >= 4 is 23.4 Å². The van der Waals surface area contributed by atoms with Gasteiger partial charge in [0.15, 0.2) is 5.78 Å². The van der Waals surface area contributed by atoms with E-state index in [1.54, 1.807) is 13.8 Å². The highest BCUT2D eigenvalue weighted by atomic mass is 35.5. The minimum atomic E-state index is -1.05. The van der Waals surface area contributed by atoms with Gasteiger partial charge in [-0.2, -0.15) is 0 Å². The average Bonchev–Trinajstić information content (AvgIpc) is 2.61. The summed E-state index contributed by atoms with van der Waals surface area (Å²) in [5.41, 5.74) is -0.0829. The summed E-state index contributed by atoms with van der Waals surface area (Å²) in [6.45, 7) is 7.41. The van der Waals surface area contributed by atoms with Gasteiger partial charge in [-0.25, -0.2) is 4.79 Å². The van der Waals surface area contributed by atoms with Gasteiger partial charge in [0.2, 0.25) is 0 Å². The van der Waals surface area contributed by atoms with E-state index in [2.05, 4.69) is 0 Å². The highest BCUT2D eigenvalue weighted by Gasteiger charge is 2.26. The number of ketones is 1. The number of hydrogen-bond acceptors (Lipinski definition) is 5. The summed E-state index contributed by atoms with van der Waals surface area (Å²) in [6.07, 6.45) is 1.87. The number of rotatable bonds is 11. The van der Waals surface area contributed by atoms with Gasteiger partial charge < -0.3 is 14.2 Å². The third-order valence-electron chi connectivity index (χ3n) is 3.45. The van der Waals surface area contributed by atoms with Crippen LogP contribution in [0.2, 0.25) is 0 Å². The SMILES string of the molecule is CC(C)OC(CCl)COC(=O)/C=C/C(=O)C(C)(C)OCc1ccccc1. The summed E-state index contributed by atoms with van der Waals surface area (Å²) in [5, 5.41) is 0. The molecule has 5 nitrogen and oxygen atoms in total. The Kier molecular flexibility index (Phi) is 9.55. The van der Waals surface area contributed by atoms with Gasteiger partial charge >= 0.3 is 5.97 Å². The lowest BCUT2D eigenvalue weighted by Gasteiger charge is -2.22. The van der Waals surface area contributed by atoms with Crippen molar-refractivity contribution in [2.45, 2.75) is 52.1 Å². The molecule has 6 heteroatoms. The predicted octanol–water partition coefficient (Wildman–Crippen LogP) is 3.68. The summed E-state index contributed by atoms with van der Waals surface area (Å²) in [4.78, 5) is 24.0. The van der Waals surface area contributed by atoms with Crippen LogP contribution in [0.5, 0.6) is 0 Å². The van der Waals surface area contributed by atoms with Crippen LogP contribution >= 0.6 is 11.6 Å². The molecule has 0 fully saturated rings. The molecule has 1 aromatic carbocycles. The summed E-state index contributed by atoms with van der Waals surface area (Å²) in [7, 11) is 0. The second-order valence-electron chi connectivity index (χ2n) is 6.57. The van der Waals surface area contributed by atoms with E-state index in [-0.39, 0.29) is 30.5 Å². The predicted molar refractivity (Wildman–Crippen MR) is 101 cm³/mol. The van der Waals surface area contributed by atoms with Crippen molar-refractivity contribution in [1.82, 2.24) is 0 Å². The molecule has 0 saturated carbocycles. The molecular formula is C20H27ClO5. The molecule has 0 aliphatic carbocycles. The second-order valence-corrected chi connectivity index (χ2v) is 6.88. The van der Waals surface area contributed by atoms with Crippen LogP contribution in [-0.4, -0.2) is 42.0 Å². The Bertz CT molecular complexity index is 595. The van der Waals surface area contributed by atoms with E-state index in [4.69, 9.17) is 25.8 Å². The van der Waals surface area contributed by atoms with Crippen LogP contribution in [0.1, 0.15) is 33.3 Å². The molecule has 1 unspecified atom stereocenters. The van der Waals surface area contributed by atoms with Crippen LogP contribution in [-0.2, 0) is 30.4 Å². The molecule has 0 saturated heterocycles. The van der Waals surface area contributed by atoms with Crippen LogP contribution in [0, 0.1) is 0 Å². The van der Waals surface area contributed by atoms with Crippen molar-refractivity contribution in [1.29, 1.82) is 0 Å². The second kappa shape index (κ2) is 11.1. The summed E-state index contributed by atoms with van der Waals surface area (Å²) < 4.78 is 16.2. The van der Waals surface area contributed by atoms with Gasteiger partial charge in [-0.15, -0.1) is 11.6 Å². The van der Waals surface area contributed by atoms with E-state index >= 15 is 0 Å². The lowest BCUT2D eigenvalue weighted by molar-refractivity contribution is -0.143. The first-order chi connectivity index (χ1) is 12.2. The Morgan fingerprint density at radius 3 is 2.38 bits per heavy atom. The normalized spacial score (nSPS) is 13.2. The van der Waals surface area contributed by atoms with Crippen molar-refractivity contribution in [3.8, 4) is 0 Å². The van der Waals surface area contributed by atoms with Gasteiger partial charge in [0.1, 0.15) is 18.3 Å². The molecule has 0 N–H and O–H groups in total. The number of esters is 1. The van der Waals surface area contributed by atoms with E-state index in [1.807, 2.05) is 44.2 Å². The number of ether oxygens (including phenoxy) is 3. The number of alkyl halides is 1. The molecule has 0 bridgehead atoms. The van der Waals surface area contributed by atoms with E-state index in [9.17, 15) is 9.59 Å². The molecule has 1 atom stereocenters. The molecule has 0 aliphatic heterocycles. The summed E-state index contributed by atoms with van der Waals surface area (Å²) in [5.74, 6) is -0.730. The molecular weight excluding hydrogens is 356 g/mol. The van der Waals surface area contributed by atoms with Crippen molar-refractivity contribution in [2.24, 2.45) is 0 Å². The maximum absolute atomic E-state index is 12.3. The molecule has 0 spiro atoms. The summed E-state index contributed by atoms with van der Waals surface area (Å²) in [6, 6.07) is 9.55. The molecule has 0 aromatic heterocycles. The highest BCUT2D eigenvalue weighted by molar-refractivity contribution is 6.18. The number of carbonyl (C=O) groups excluding carboxylic acids is 2. The van der Waals surface area contributed by atoms with E-state index in [1.165, 1.54) is 6.08 Å². The molecule has 1 aromatic rings.